The number of benzene rings is 1. The normalized spacial score (nSPS) is 21.9. The Labute approximate surface area is 117 Å². The predicted octanol–water partition coefficient (Wildman–Crippen LogP) is 1.44. The molecule has 20 heavy (non-hydrogen) atoms. The van der Waals surface area contributed by atoms with Gasteiger partial charge in [0.25, 0.3) is 5.56 Å². The Kier molecular flexibility index (Phi) is 3.80. The Morgan fingerprint density at radius 2 is 2.20 bits per heavy atom. The number of para-hydroxylation sites is 1. The first kappa shape index (κ1) is 13.3. The molecule has 5 heteroatoms. The predicted molar refractivity (Wildman–Crippen MR) is 77.6 cm³/mol. The van der Waals surface area contributed by atoms with Gasteiger partial charge < -0.3 is 15.0 Å². The monoisotopic (exact) mass is 273 g/mol. The fourth-order valence-electron chi connectivity index (χ4n) is 2.67. The van der Waals surface area contributed by atoms with Crippen LogP contribution >= 0.6 is 0 Å². The average molecular weight is 273 g/mol. The molecule has 2 aromatic rings. The van der Waals surface area contributed by atoms with Crippen LogP contribution in [-0.2, 0) is 11.3 Å². The fourth-order valence-corrected chi connectivity index (χ4v) is 2.67. The zero-order chi connectivity index (χ0) is 13.9. The molecule has 0 unspecified atom stereocenters. The van der Waals surface area contributed by atoms with Crippen molar-refractivity contribution < 1.29 is 4.74 Å². The van der Waals surface area contributed by atoms with Crippen LogP contribution in [0.15, 0.2) is 29.1 Å². The maximum atomic E-state index is 11.9. The smallest absolute Gasteiger partial charge is 0.258 e. The van der Waals surface area contributed by atoms with Gasteiger partial charge in [0.1, 0.15) is 12.4 Å². The van der Waals surface area contributed by atoms with Gasteiger partial charge in [-0.25, -0.2) is 4.98 Å². The zero-order valence-electron chi connectivity index (χ0n) is 11.6. The first-order valence-corrected chi connectivity index (χ1v) is 7.00. The van der Waals surface area contributed by atoms with Crippen LogP contribution in [-0.4, -0.2) is 29.7 Å². The molecule has 2 N–H and O–H groups in total. The lowest BCUT2D eigenvalue weighted by Crippen LogP contribution is -2.37. The molecule has 106 valence electrons. The third-order valence-corrected chi connectivity index (χ3v) is 3.80. The molecular formula is C15H19N3O2. The number of hydrogen-bond donors (Lipinski definition) is 2. The van der Waals surface area contributed by atoms with Gasteiger partial charge in [-0.3, -0.25) is 4.79 Å². The summed E-state index contributed by atoms with van der Waals surface area (Å²) in [6.45, 7) is 1.42. The highest BCUT2D eigenvalue weighted by molar-refractivity contribution is 5.77. The highest BCUT2D eigenvalue weighted by Crippen LogP contribution is 2.29. The van der Waals surface area contributed by atoms with Crippen molar-refractivity contribution in [1.82, 2.24) is 15.3 Å². The third kappa shape index (κ3) is 2.73. The number of H-pyrrole nitrogens is 1. The maximum absolute atomic E-state index is 11.9. The SMILES string of the molecule is CNCC1CC(OCc2nc3ccccc3c(=O)[nH]2)C1. The highest BCUT2D eigenvalue weighted by atomic mass is 16.5. The Morgan fingerprint density at radius 3 is 3.00 bits per heavy atom. The number of fused-ring (bicyclic) bond motifs is 1. The van der Waals surface area contributed by atoms with Crippen molar-refractivity contribution in [1.29, 1.82) is 0 Å². The van der Waals surface area contributed by atoms with Crippen LogP contribution in [0.1, 0.15) is 18.7 Å². The Balaban J connectivity index is 1.63. The first-order valence-electron chi connectivity index (χ1n) is 7.00. The number of ether oxygens (including phenoxy) is 1. The summed E-state index contributed by atoms with van der Waals surface area (Å²) in [7, 11) is 1.97. The first-order chi connectivity index (χ1) is 9.76. The van der Waals surface area contributed by atoms with Crippen LogP contribution in [0.2, 0.25) is 0 Å². The number of nitrogens with zero attached hydrogens (tertiary/aromatic N) is 1. The minimum Gasteiger partial charge on any atom is -0.370 e. The minimum atomic E-state index is -0.101. The molecule has 1 aromatic heterocycles. The fraction of sp³-hybridized carbons (Fsp3) is 0.467. The van der Waals surface area contributed by atoms with Gasteiger partial charge in [-0.05, 0) is 44.5 Å². The van der Waals surface area contributed by atoms with E-state index in [-0.39, 0.29) is 5.56 Å². The molecule has 1 aliphatic carbocycles. The lowest BCUT2D eigenvalue weighted by atomic mass is 9.82. The van der Waals surface area contributed by atoms with Crippen LogP contribution in [0, 0.1) is 5.92 Å². The molecule has 1 fully saturated rings. The quantitative estimate of drug-likeness (QED) is 0.865. The van der Waals surface area contributed by atoms with Gasteiger partial charge in [-0.15, -0.1) is 0 Å². The van der Waals surface area contributed by atoms with Crippen LogP contribution in [0.4, 0.5) is 0 Å². The van der Waals surface area contributed by atoms with E-state index in [0.29, 0.717) is 29.8 Å². The molecular weight excluding hydrogens is 254 g/mol. The summed E-state index contributed by atoms with van der Waals surface area (Å²) in [6, 6.07) is 7.35. The van der Waals surface area contributed by atoms with Crippen molar-refractivity contribution in [2.45, 2.75) is 25.6 Å². The van der Waals surface area contributed by atoms with Gasteiger partial charge >= 0.3 is 0 Å². The van der Waals surface area contributed by atoms with Crippen molar-refractivity contribution in [2.75, 3.05) is 13.6 Å². The lowest BCUT2D eigenvalue weighted by Gasteiger charge is -2.34. The van der Waals surface area contributed by atoms with Crippen LogP contribution in [0.5, 0.6) is 0 Å². The van der Waals surface area contributed by atoms with Crippen LogP contribution in [0.25, 0.3) is 10.9 Å². The van der Waals surface area contributed by atoms with E-state index >= 15 is 0 Å². The molecule has 0 radical (unpaired) electrons. The van der Waals surface area contributed by atoms with Gasteiger partial charge in [0.2, 0.25) is 0 Å². The van der Waals surface area contributed by atoms with E-state index in [2.05, 4.69) is 15.3 Å². The van der Waals surface area contributed by atoms with Gasteiger partial charge in [-0.1, -0.05) is 12.1 Å². The zero-order valence-corrected chi connectivity index (χ0v) is 11.6. The van der Waals surface area contributed by atoms with Gasteiger partial charge in [0.05, 0.1) is 17.0 Å². The van der Waals surface area contributed by atoms with Crippen LogP contribution in [0.3, 0.4) is 0 Å². The second-order valence-corrected chi connectivity index (χ2v) is 5.36. The Bertz CT molecular complexity index is 647. The number of nitrogens with one attached hydrogen (secondary N) is 2. The molecule has 0 saturated heterocycles. The molecule has 0 atom stereocenters. The van der Waals surface area contributed by atoms with Crippen molar-refractivity contribution in [3.05, 3.63) is 40.4 Å². The Hall–Kier alpha value is -1.72. The number of aromatic nitrogens is 2. The summed E-state index contributed by atoms with van der Waals surface area (Å²) in [6.07, 6.45) is 2.46. The number of hydrogen-bond acceptors (Lipinski definition) is 4. The molecule has 5 nitrogen and oxygen atoms in total. The van der Waals surface area contributed by atoms with Crippen LogP contribution < -0.4 is 10.9 Å². The topological polar surface area (TPSA) is 67.0 Å². The van der Waals surface area contributed by atoms with E-state index in [0.717, 1.165) is 24.9 Å². The molecule has 1 heterocycles. The third-order valence-electron chi connectivity index (χ3n) is 3.80. The standard InChI is InChI=1S/C15H19N3O2/c1-16-8-10-6-11(7-10)20-9-14-17-13-5-3-2-4-12(13)15(19)18-14/h2-5,10-11,16H,6-9H2,1H3,(H,17,18,19). The van der Waals surface area contributed by atoms with E-state index in [1.54, 1.807) is 6.07 Å². The molecule has 1 saturated carbocycles. The number of aromatic amines is 1. The molecule has 1 aromatic carbocycles. The molecule has 1 aliphatic rings. The van der Waals surface area contributed by atoms with E-state index in [1.807, 2.05) is 25.2 Å². The molecule has 0 bridgehead atoms. The molecule has 0 amide bonds. The minimum absolute atomic E-state index is 0.101. The summed E-state index contributed by atoms with van der Waals surface area (Å²) in [4.78, 5) is 19.1. The lowest BCUT2D eigenvalue weighted by molar-refractivity contribution is -0.0414. The van der Waals surface area contributed by atoms with Crippen molar-refractivity contribution in [3.8, 4) is 0 Å². The second-order valence-electron chi connectivity index (χ2n) is 5.36. The molecule has 0 spiro atoms. The highest BCUT2D eigenvalue weighted by Gasteiger charge is 2.29. The van der Waals surface area contributed by atoms with E-state index in [1.165, 1.54) is 0 Å². The molecule has 0 aliphatic heterocycles. The number of rotatable bonds is 5. The summed E-state index contributed by atoms with van der Waals surface area (Å²) in [5, 5.41) is 3.80. The second kappa shape index (κ2) is 5.73. The summed E-state index contributed by atoms with van der Waals surface area (Å²) in [5.74, 6) is 1.32. The van der Waals surface area contributed by atoms with E-state index < -0.39 is 0 Å². The van der Waals surface area contributed by atoms with E-state index in [4.69, 9.17) is 4.74 Å². The van der Waals surface area contributed by atoms with Crippen molar-refractivity contribution in [3.63, 3.8) is 0 Å². The van der Waals surface area contributed by atoms with Gasteiger partial charge in [-0.2, -0.15) is 0 Å². The Morgan fingerprint density at radius 1 is 1.40 bits per heavy atom. The van der Waals surface area contributed by atoms with Crippen molar-refractivity contribution >= 4 is 10.9 Å². The summed E-state index contributed by atoms with van der Waals surface area (Å²) >= 11 is 0. The largest absolute Gasteiger partial charge is 0.370 e. The van der Waals surface area contributed by atoms with Gasteiger partial charge in [0, 0.05) is 0 Å². The van der Waals surface area contributed by atoms with E-state index in [9.17, 15) is 4.79 Å². The summed E-state index contributed by atoms with van der Waals surface area (Å²) < 4.78 is 5.78. The van der Waals surface area contributed by atoms with Gasteiger partial charge in [0.15, 0.2) is 0 Å². The average Bonchev–Trinajstić information content (AvgIpc) is 2.41. The summed E-state index contributed by atoms with van der Waals surface area (Å²) in [5.41, 5.74) is 0.618. The van der Waals surface area contributed by atoms with Crippen molar-refractivity contribution in [2.24, 2.45) is 5.92 Å². The maximum Gasteiger partial charge on any atom is 0.258 e. The molecule has 3 rings (SSSR count).